The van der Waals surface area contributed by atoms with Crippen LogP contribution in [0.5, 0.6) is 0 Å². The molecule has 1 aliphatic rings. The van der Waals surface area contributed by atoms with E-state index in [-0.39, 0.29) is 12.1 Å². The molecule has 0 aliphatic carbocycles. The molecule has 3 rings (SSSR count). The van der Waals surface area contributed by atoms with Crippen molar-refractivity contribution in [2.45, 2.75) is 18.9 Å². The predicted octanol–water partition coefficient (Wildman–Crippen LogP) is 2.80. The molecule has 1 aliphatic heterocycles. The molecule has 1 saturated heterocycles. The number of aromatic nitrogens is 1. The zero-order valence-corrected chi connectivity index (χ0v) is 12.3. The highest BCUT2D eigenvalue weighted by atomic mass is 32.1. The first-order valence-corrected chi connectivity index (χ1v) is 7.85. The van der Waals surface area contributed by atoms with E-state index in [0.717, 1.165) is 11.3 Å². The number of hydrogen-bond donors (Lipinski definition) is 2. The number of nitrogens with one attached hydrogen (secondary N) is 1. The van der Waals surface area contributed by atoms with Gasteiger partial charge in [0.1, 0.15) is 0 Å². The van der Waals surface area contributed by atoms with Crippen molar-refractivity contribution in [2.75, 3.05) is 18.4 Å². The number of carbonyl (C=O) groups excluding carboxylic acids is 1. The van der Waals surface area contributed by atoms with Crippen LogP contribution in [-0.4, -0.2) is 40.2 Å². The number of urea groups is 1. The number of anilines is 1. The lowest BCUT2D eigenvalue weighted by Gasteiger charge is -2.29. The molecule has 2 aromatic rings. The van der Waals surface area contributed by atoms with E-state index in [4.69, 9.17) is 0 Å². The fraction of sp³-hybridized carbons (Fsp3) is 0.333. The molecule has 2 amide bonds. The number of carbonyl (C=O) groups is 1. The number of rotatable bonds is 2. The first-order chi connectivity index (χ1) is 10.2. The van der Waals surface area contributed by atoms with Gasteiger partial charge in [-0.15, -0.1) is 11.3 Å². The van der Waals surface area contributed by atoms with E-state index in [1.165, 1.54) is 11.3 Å². The highest BCUT2D eigenvalue weighted by molar-refractivity contribution is 7.14. The minimum absolute atomic E-state index is 0.143. The van der Waals surface area contributed by atoms with E-state index in [2.05, 4.69) is 10.3 Å². The van der Waals surface area contributed by atoms with Crippen LogP contribution in [0.15, 0.2) is 35.7 Å². The number of benzene rings is 1. The van der Waals surface area contributed by atoms with Crippen molar-refractivity contribution in [3.63, 3.8) is 0 Å². The molecule has 110 valence electrons. The van der Waals surface area contributed by atoms with Crippen molar-refractivity contribution in [3.8, 4) is 11.3 Å². The Hall–Kier alpha value is -1.92. The summed E-state index contributed by atoms with van der Waals surface area (Å²) in [7, 11) is 0. The first-order valence-electron chi connectivity index (χ1n) is 6.97. The van der Waals surface area contributed by atoms with Crippen LogP contribution in [0.4, 0.5) is 9.93 Å². The number of aliphatic hydroxyl groups excluding tert-OH is 1. The molecule has 0 bridgehead atoms. The molecule has 0 unspecified atom stereocenters. The average molecular weight is 303 g/mol. The molecular weight excluding hydrogens is 286 g/mol. The van der Waals surface area contributed by atoms with Crippen LogP contribution >= 0.6 is 11.3 Å². The fourth-order valence-electron chi connectivity index (χ4n) is 2.31. The van der Waals surface area contributed by atoms with Crippen molar-refractivity contribution in [1.82, 2.24) is 9.88 Å². The minimum Gasteiger partial charge on any atom is -0.393 e. The second kappa shape index (κ2) is 6.24. The van der Waals surface area contributed by atoms with Crippen LogP contribution in [0.3, 0.4) is 0 Å². The average Bonchev–Trinajstić information content (AvgIpc) is 2.97. The Morgan fingerprint density at radius 3 is 2.71 bits per heavy atom. The monoisotopic (exact) mass is 303 g/mol. The Kier molecular flexibility index (Phi) is 4.17. The molecule has 2 heterocycles. The van der Waals surface area contributed by atoms with E-state index in [0.29, 0.717) is 31.1 Å². The van der Waals surface area contributed by atoms with E-state index < -0.39 is 0 Å². The molecule has 0 atom stereocenters. The summed E-state index contributed by atoms with van der Waals surface area (Å²) in [5, 5.41) is 14.8. The predicted molar refractivity (Wildman–Crippen MR) is 83.4 cm³/mol. The lowest BCUT2D eigenvalue weighted by atomic mass is 10.1. The van der Waals surface area contributed by atoms with Crippen LogP contribution in [0.1, 0.15) is 12.8 Å². The molecular formula is C15H17N3O2S. The van der Waals surface area contributed by atoms with Crippen LogP contribution in [-0.2, 0) is 0 Å². The Balaban J connectivity index is 1.63. The molecule has 1 fully saturated rings. The van der Waals surface area contributed by atoms with Gasteiger partial charge in [0, 0.05) is 24.0 Å². The van der Waals surface area contributed by atoms with E-state index in [9.17, 15) is 9.90 Å². The van der Waals surface area contributed by atoms with Crippen molar-refractivity contribution >= 4 is 22.5 Å². The highest BCUT2D eigenvalue weighted by Crippen LogP contribution is 2.25. The van der Waals surface area contributed by atoms with Gasteiger partial charge in [-0.1, -0.05) is 30.3 Å². The topological polar surface area (TPSA) is 65.5 Å². The van der Waals surface area contributed by atoms with Crippen LogP contribution < -0.4 is 5.32 Å². The summed E-state index contributed by atoms with van der Waals surface area (Å²) < 4.78 is 0. The van der Waals surface area contributed by atoms with Gasteiger partial charge in [-0.2, -0.15) is 0 Å². The van der Waals surface area contributed by atoms with Gasteiger partial charge in [0.25, 0.3) is 0 Å². The van der Waals surface area contributed by atoms with Crippen LogP contribution in [0.25, 0.3) is 11.3 Å². The zero-order chi connectivity index (χ0) is 14.7. The van der Waals surface area contributed by atoms with Gasteiger partial charge in [-0.05, 0) is 12.8 Å². The Labute approximate surface area is 127 Å². The molecule has 21 heavy (non-hydrogen) atoms. The number of piperidine rings is 1. The number of aliphatic hydroxyl groups is 1. The van der Waals surface area contributed by atoms with Gasteiger partial charge in [0.2, 0.25) is 0 Å². The van der Waals surface area contributed by atoms with Gasteiger partial charge in [0.15, 0.2) is 5.13 Å². The fourth-order valence-corrected chi connectivity index (χ4v) is 3.02. The Morgan fingerprint density at radius 2 is 2.00 bits per heavy atom. The summed E-state index contributed by atoms with van der Waals surface area (Å²) in [6.07, 6.45) is 1.000. The van der Waals surface area contributed by atoms with Crippen molar-refractivity contribution < 1.29 is 9.90 Å². The Bertz CT molecular complexity index is 606. The molecule has 0 saturated carbocycles. The lowest BCUT2D eigenvalue weighted by Crippen LogP contribution is -2.42. The summed E-state index contributed by atoms with van der Waals surface area (Å²) in [5.41, 5.74) is 1.90. The summed E-state index contributed by atoms with van der Waals surface area (Å²) >= 11 is 1.42. The number of hydrogen-bond acceptors (Lipinski definition) is 4. The molecule has 0 spiro atoms. The molecule has 6 heteroatoms. The van der Waals surface area contributed by atoms with Gasteiger partial charge in [-0.25, -0.2) is 9.78 Å². The maximum Gasteiger partial charge on any atom is 0.323 e. The van der Waals surface area contributed by atoms with Gasteiger partial charge in [0.05, 0.1) is 11.8 Å². The van der Waals surface area contributed by atoms with E-state index in [1.54, 1.807) is 4.90 Å². The molecule has 5 nitrogen and oxygen atoms in total. The summed E-state index contributed by atoms with van der Waals surface area (Å²) in [6, 6.07) is 9.73. The molecule has 2 N–H and O–H groups in total. The maximum atomic E-state index is 12.1. The maximum absolute atomic E-state index is 12.1. The standard InChI is InChI=1S/C15H17N3O2S/c19-12-6-8-18(9-7-12)15(20)17-14-16-13(10-21-14)11-4-2-1-3-5-11/h1-5,10,12,19H,6-9H2,(H,16,17,20). The van der Waals surface area contributed by atoms with Crippen LogP contribution in [0, 0.1) is 0 Å². The van der Waals surface area contributed by atoms with E-state index >= 15 is 0 Å². The van der Waals surface area contributed by atoms with Crippen molar-refractivity contribution in [3.05, 3.63) is 35.7 Å². The lowest BCUT2D eigenvalue weighted by molar-refractivity contribution is 0.0972. The van der Waals surface area contributed by atoms with E-state index in [1.807, 2.05) is 35.7 Å². The van der Waals surface area contributed by atoms with Gasteiger partial charge >= 0.3 is 6.03 Å². The van der Waals surface area contributed by atoms with Crippen LogP contribution in [0.2, 0.25) is 0 Å². The minimum atomic E-state index is -0.279. The van der Waals surface area contributed by atoms with Crippen molar-refractivity contribution in [2.24, 2.45) is 0 Å². The zero-order valence-electron chi connectivity index (χ0n) is 11.5. The number of amides is 2. The second-order valence-corrected chi connectivity index (χ2v) is 5.91. The molecule has 0 radical (unpaired) electrons. The highest BCUT2D eigenvalue weighted by Gasteiger charge is 2.21. The summed E-state index contributed by atoms with van der Waals surface area (Å²) in [5.74, 6) is 0. The van der Waals surface area contributed by atoms with Crippen molar-refractivity contribution in [1.29, 1.82) is 0 Å². The number of thiazole rings is 1. The first kappa shape index (κ1) is 14.0. The quantitative estimate of drug-likeness (QED) is 0.896. The van der Waals surface area contributed by atoms with Gasteiger partial charge < -0.3 is 10.0 Å². The SMILES string of the molecule is O=C(Nc1nc(-c2ccccc2)cs1)N1CCC(O)CC1. The molecule has 1 aromatic carbocycles. The summed E-state index contributed by atoms with van der Waals surface area (Å²) in [6.45, 7) is 1.17. The smallest absolute Gasteiger partial charge is 0.323 e. The normalized spacial score (nSPS) is 16.0. The third-order valence-corrected chi connectivity index (χ3v) is 4.30. The van der Waals surface area contributed by atoms with Gasteiger partial charge in [-0.3, -0.25) is 5.32 Å². The number of nitrogens with zero attached hydrogens (tertiary/aromatic N) is 2. The largest absolute Gasteiger partial charge is 0.393 e. The molecule has 1 aromatic heterocycles. The summed E-state index contributed by atoms with van der Waals surface area (Å²) in [4.78, 5) is 18.3. The second-order valence-electron chi connectivity index (χ2n) is 5.05. The third kappa shape index (κ3) is 3.40. The number of likely N-dealkylation sites (tertiary alicyclic amines) is 1. The third-order valence-electron chi connectivity index (χ3n) is 3.54. The Morgan fingerprint density at radius 1 is 1.29 bits per heavy atom.